The highest BCUT2D eigenvalue weighted by atomic mass is 19.1. The van der Waals surface area contributed by atoms with Gasteiger partial charge in [0.1, 0.15) is 5.67 Å². The fourth-order valence-corrected chi connectivity index (χ4v) is 2.35. The molecule has 1 nitrogen and oxygen atoms in total. The standard InChI is InChI=1S/C13H18FN/c1-10-7-11(2)9-12(8-10)13(14)3-5-15-6-4-13/h7-9,15H,3-6H2,1-2H3. The average Bonchev–Trinajstić information content (AvgIpc) is 2.17. The summed E-state index contributed by atoms with van der Waals surface area (Å²) in [5.41, 5.74) is 2.06. The van der Waals surface area contributed by atoms with Gasteiger partial charge in [0.2, 0.25) is 0 Å². The molecule has 15 heavy (non-hydrogen) atoms. The lowest BCUT2D eigenvalue weighted by atomic mass is 9.85. The molecule has 2 heteroatoms. The molecule has 0 saturated carbocycles. The van der Waals surface area contributed by atoms with Crippen LogP contribution in [0, 0.1) is 13.8 Å². The monoisotopic (exact) mass is 207 g/mol. The second kappa shape index (κ2) is 3.93. The van der Waals surface area contributed by atoms with Crippen molar-refractivity contribution in [2.75, 3.05) is 13.1 Å². The summed E-state index contributed by atoms with van der Waals surface area (Å²) in [6.07, 6.45) is 1.19. The van der Waals surface area contributed by atoms with Gasteiger partial charge in [-0.25, -0.2) is 4.39 Å². The van der Waals surface area contributed by atoms with E-state index in [4.69, 9.17) is 0 Å². The third-order valence-corrected chi connectivity index (χ3v) is 3.14. The Labute approximate surface area is 90.7 Å². The Bertz CT molecular complexity index is 333. The number of halogens is 1. The molecular weight excluding hydrogens is 189 g/mol. The van der Waals surface area contributed by atoms with Crippen molar-refractivity contribution in [3.8, 4) is 0 Å². The van der Waals surface area contributed by atoms with Crippen LogP contribution in [0.4, 0.5) is 4.39 Å². The molecule has 1 aliphatic rings. The van der Waals surface area contributed by atoms with E-state index >= 15 is 0 Å². The maximum atomic E-state index is 14.6. The molecule has 1 heterocycles. The number of hydrogen-bond donors (Lipinski definition) is 1. The highest BCUT2D eigenvalue weighted by Gasteiger charge is 2.33. The third-order valence-electron chi connectivity index (χ3n) is 3.14. The molecule has 2 rings (SSSR count). The molecule has 82 valence electrons. The number of aryl methyl sites for hydroxylation is 2. The fraction of sp³-hybridized carbons (Fsp3) is 0.538. The Kier molecular flexibility index (Phi) is 2.79. The third kappa shape index (κ3) is 2.20. The molecule has 0 spiro atoms. The lowest BCUT2D eigenvalue weighted by Gasteiger charge is -2.31. The van der Waals surface area contributed by atoms with E-state index in [0.29, 0.717) is 12.8 Å². The van der Waals surface area contributed by atoms with Gasteiger partial charge in [0.05, 0.1) is 0 Å². The predicted molar refractivity (Wildman–Crippen MR) is 60.8 cm³/mol. The number of piperidine rings is 1. The molecule has 0 aliphatic carbocycles. The minimum atomic E-state index is -1.11. The van der Waals surface area contributed by atoms with Crippen molar-refractivity contribution in [2.24, 2.45) is 0 Å². The summed E-state index contributed by atoms with van der Waals surface area (Å²) in [4.78, 5) is 0. The van der Waals surface area contributed by atoms with Crippen LogP contribution in [-0.2, 0) is 5.67 Å². The van der Waals surface area contributed by atoms with E-state index in [1.807, 2.05) is 26.0 Å². The van der Waals surface area contributed by atoms with Crippen LogP contribution < -0.4 is 5.32 Å². The van der Waals surface area contributed by atoms with Crippen LogP contribution in [0.25, 0.3) is 0 Å². The number of hydrogen-bond acceptors (Lipinski definition) is 1. The van der Waals surface area contributed by atoms with Crippen molar-refractivity contribution in [3.63, 3.8) is 0 Å². The first kappa shape index (κ1) is 10.6. The first-order valence-electron chi connectivity index (χ1n) is 5.59. The van der Waals surface area contributed by atoms with Crippen molar-refractivity contribution in [2.45, 2.75) is 32.4 Å². The van der Waals surface area contributed by atoms with Gasteiger partial charge in [-0.1, -0.05) is 29.3 Å². The quantitative estimate of drug-likeness (QED) is 0.746. The van der Waals surface area contributed by atoms with Gasteiger partial charge in [-0.2, -0.15) is 0 Å². The van der Waals surface area contributed by atoms with E-state index in [0.717, 1.165) is 29.8 Å². The molecule has 1 aliphatic heterocycles. The number of alkyl halides is 1. The van der Waals surface area contributed by atoms with Gasteiger partial charge < -0.3 is 5.32 Å². The van der Waals surface area contributed by atoms with E-state index in [2.05, 4.69) is 11.4 Å². The van der Waals surface area contributed by atoms with Gasteiger partial charge >= 0.3 is 0 Å². The summed E-state index contributed by atoms with van der Waals surface area (Å²) in [7, 11) is 0. The minimum absolute atomic E-state index is 0.593. The summed E-state index contributed by atoms with van der Waals surface area (Å²) >= 11 is 0. The van der Waals surface area contributed by atoms with E-state index in [9.17, 15) is 4.39 Å². The summed E-state index contributed by atoms with van der Waals surface area (Å²) in [6, 6.07) is 6.06. The van der Waals surface area contributed by atoms with E-state index in [1.165, 1.54) is 0 Å². The molecule has 1 N–H and O–H groups in total. The Morgan fingerprint density at radius 2 is 1.60 bits per heavy atom. The van der Waals surface area contributed by atoms with Crippen LogP contribution in [0.3, 0.4) is 0 Å². The highest BCUT2D eigenvalue weighted by molar-refractivity contribution is 5.33. The van der Waals surface area contributed by atoms with Gasteiger partial charge in [0, 0.05) is 0 Å². The molecule has 1 aromatic rings. The van der Waals surface area contributed by atoms with E-state index < -0.39 is 5.67 Å². The molecule has 0 radical (unpaired) electrons. The van der Waals surface area contributed by atoms with Gasteiger partial charge in [-0.05, 0) is 45.3 Å². The molecule has 0 bridgehead atoms. The summed E-state index contributed by atoms with van der Waals surface area (Å²) in [5.74, 6) is 0. The Morgan fingerprint density at radius 3 is 2.13 bits per heavy atom. The maximum Gasteiger partial charge on any atom is 0.138 e. The minimum Gasteiger partial charge on any atom is -0.316 e. The molecule has 1 fully saturated rings. The molecule has 0 aromatic heterocycles. The van der Waals surface area contributed by atoms with Crippen LogP contribution in [0.5, 0.6) is 0 Å². The van der Waals surface area contributed by atoms with E-state index in [1.54, 1.807) is 0 Å². The summed E-state index contributed by atoms with van der Waals surface area (Å²) in [6.45, 7) is 5.62. The Morgan fingerprint density at radius 1 is 1.07 bits per heavy atom. The molecule has 1 saturated heterocycles. The van der Waals surface area contributed by atoms with Crippen molar-refractivity contribution in [1.82, 2.24) is 5.32 Å². The van der Waals surface area contributed by atoms with Crippen molar-refractivity contribution in [3.05, 3.63) is 34.9 Å². The Hall–Kier alpha value is -0.890. The highest BCUT2D eigenvalue weighted by Crippen LogP contribution is 2.35. The number of benzene rings is 1. The summed E-state index contributed by atoms with van der Waals surface area (Å²) < 4.78 is 14.6. The van der Waals surface area contributed by atoms with Crippen LogP contribution in [0.2, 0.25) is 0 Å². The van der Waals surface area contributed by atoms with Crippen LogP contribution in [0.1, 0.15) is 29.5 Å². The largest absolute Gasteiger partial charge is 0.316 e. The Balaban J connectivity index is 2.34. The van der Waals surface area contributed by atoms with Crippen LogP contribution >= 0.6 is 0 Å². The summed E-state index contributed by atoms with van der Waals surface area (Å²) in [5, 5.41) is 3.20. The second-order valence-electron chi connectivity index (χ2n) is 4.59. The van der Waals surface area contributed by atoms with E-state index in [-0.39, 0.29) is 0 Å². The lowest BCUT2D eigenvalue weighted by Crippen LogP contribution is -2.36. The zero-order valence-electron chi connectivity index (χ0n) is 9.44. The van der Waals surface area contributed by atoms with Gasteiger partial charge in [0.25, 0.3) is 0 Å². The maximum absolute atomic E-state index is 14.6. The first-order valence-corrected chi connectivity index (χ1v) is 5.59. The van der Waals surface area contributed by atoms with Crippen molar-refractivity contribution in [1.29, 1.82) is 0 Å². The average molecular weight is 207 g/mol. The zero-order valence-corrected chi connectivity index (χ0v) is 9.44. The molecule has 0 unspecified atom stereocenters. The molecular formula is C13H18FN. The lowest BCUT2D eigenvalue weighted by molar-refractivity contribution is 0.115. The van der Waals surface area contributed by atoms with Crippen LogP contribution in [-0.4, -0.2) is 13.1 Å². The SMILES string of the molecule is Cc1cc(C)cc(C2(F)CCNCC2)c1. The molecule has 0 atom stereocenters. The fourth-order valence-electron chi connectivity index (χ4n) is 2.35. The number of rotatable bonds is 1. The van der Waals surface area contributed by atoms with Gasteiger partial charge in [0.15, 0.2) is 0 Å². The van der Waals surface area contributed by atoms with Gasteiger partial charge in [-0.15, -0.1) is 0 Å². The van der Waals surface area contributed by atoms with Crippen molar-refractivity contribution < 1.29 is 4.39 Å². The molecule has 0 amide bonds. The zero-order chi connectivity index (χ0) is 10.9. The van der Waals surface area contributed by atoms with Gasteiger partial charge in [-0.3, -0.25) is 0 Å². The first-order chi connectivity index (χ1) is 7.10. The number of nitrogens with one attached hydrogen (secondary N) is 1. The topological polar surface area (TPSA) is 12.0 Å². The molecule has 1 aromatic carbocycles. The van der Waals surface area contributed by atoms with Crippen molar-refractivity contribution >= 4 is 0 Å². The predicted octanol–water partition coefficient (Wildman–Crippen LogP) is 2.85. The van der Waals surface area contributed by atoms with Crippen LogP contribution in [0.15, 0.2) is 18.2 Å². The second-order valence-corrected chi connectivity index (χ2v) is 4.59. The normalized spacial score (nSPS) is 20.2. The smallest absolute Gasteiger partial charge is 0.138 e.